The van der Waals surface area contributed by atoms with Gasteiger partial charge in [-0.15, -0.1) is 12.4 Å². The summed E-state index contributed by atoms with van der Waals surface area (Å²) in [6.45, 7) is 0.851. The summed E-state index contributed by atoms with van der Waals surface area (Å²) in [5.41, 5.74) is 4.80. The van der Waals surface area contributed by atoms with Gasteiger partial charge in [0, 0.05) is 5.54 Å². The van der Waals surface area contributed by atoms with Gasteiger partial charge in [-0.05, 0) is 12.8 Å². The quantitative estimate of drug-likeness (QED) is 0.615. The predicted molar refractivity (Wildman–Crippen MR) is 44.3 cm³/mol. The molecule has 1 aliphatic carbocycles. The van der Waals surface area contributed by atoms with Crippen LogP contribution in [0.3, 0.4) is 0 Å². The van der Waals surface area contributed by atoms with Gasteiger partial charge >= 0.3 is 5.97 Å². The number of rotatable bonds is 1. The zero-order chi connectivity index (χ0) is 8.11. The topological polar surface area (TPSA) is 72.5 Å². The lowest BCUT2D eigenvalue weighted by Crippen LogP contribution is -2.68. The Kier molecular flexibility index (Phi) is 2.10. The van der Waals surface area contributed by atoms with Crippen LogP contribution in [0.1, 0.15) is 12.8 Å². The van der Waals surface area contributed by atoms with E-state index in [9.17, 15) is 4.79 Å². The number of carboxylic acid groups (broad SMARTS) is 1. The minimum Gasteiger partial charge on any atom is -0.481 e. The standard InChI is InChI=1S/C7H11NO3.ClH/c8-7-1-6(2-7,5(9)10)3-11-4-7;/h1-4,8H2,(H,9,10);1H. The van der Waals surface area contributed by atoms with Gasteiger partial charge in [-0.25, -0.2) is 0 Å². The molecule has 0 aromatic carbocycles. The molecule has 12 heavy (non-hydrogen) atoms. The molecule has 3 aliphatic rings. The minimum atomic E-state index is -0.765. The maximum atomic E-state index is 10.7. The van der Waals surface area contributed by atoms with Gasteiger partial charge in [0.05, 0.1) is 18.6 Å². The van der Waals surface area contributed by atoms with Crippen LogP contribution in [0.15, 0.2) is 0 Å². The average molecular weight is 194 g/mol. The fraction of sp³-hybridized carbons (Fsp3) is 0.857. The van der Waals surface area contributed by atoms with Gasteiger partial charge in [0.1, 0.15) is 0 Å². The first-order valence-corrected chi connectivity index (χ1v) is 3.67. The van der Waals surface area contributed by atoms with Crippen LogP contribution in [0, 0.1) is 5.41 Å². The smallest absolute Gasteiger partial charge is 0.312 e. The third-order valence-corrected chi connectivity index (χ3v) is 2.60. The number of carboxylic acids is 1. The predicted octanol–water partition coefficient (Wildman–Crippen LogP) is 0.000700. The molecule has 2 saturated heterocycles. The Morgan fingerprint density at radius 3 is 2.33 bits per heavy atom. The number of fused-ring (bicyclic) bond motifs is 2. The summed E-state index contributed by atoms with van der Waals surface area (Å²) in [7, 11) is 0. The van der Waals surface area contributed by atoms with E-state index in [0.29, 0.717) is 26.1 Å². The lowest BCUT2D eigenvalue weighted by atomic mass is 9.56. The molecule has 1 saturated carbocycles. The number of aliphatic carboxylic acids is 1. The summed E-state index contributed by atoms with van der Waals surface area (Å²) in [5, 5.41) is 8.81. The number of hydrogen-bond donors (Lipinski definition) is 2. The molecule has 3 fully saturated rings. The lowest BCUT2D eigenvalue weighted by Gasteiger charge is -2.55. The van der Waals surface area contributed by atoms with Crippen molar-refractivity contribution in [1.82, 2.24) is 0 Å². The fourth-order valence-electron chi connectivity index (χ4n) is 2.16. The van der Waals surface area contributed by atoms with Crippen LogP contribution in [0.5, 0.6) is 0 Å². The number of nitrogens with two attached hydrogens (primary N) is 1. The van der Waals surface area contributed by atoms with Gasteiger partial charge in [0.2, 0.25) is 0 Å². The number of hydrogen-bond acceptors (Lipinski definition) is 3. The molecule has 3 rings (SSSR count). The van der Waals surface area contributed by atoms with Crippen molar-refractivity contribution in [2.75, 3.05) is 13.2 Å². The van der Waals surface area contributed by atoms with Crippen molar-refractivity contribution >= 4 is 18.4 Å². The molecule has 0 amide bonds. The van der Waals surface area contributed by atoms with Crippen LogP contribution in [0.2, 0.25) is 0 Å². The Bertz CT molecular complexity index is 213. The Morgan fingerprint density at radius 2 is 2.00 bits per heavy atom. The molecule has 70 valence electrons. The minimum absolute atomic E-state index is 0. The number of carbonyl (C=O) groups is 1. The van der Waals surface area contributed by atoms with Crippen LogP contribution in [0.4, 0.5) is 0 Å². The summed E-state index contributed by atoms with van der Waals surface area (Å²) in [6.07, 6.45) is 1.16. The van der Waals surface area contributed by atoms with Crippen LogP contribution < -0.4 is 5.73 Å². The highest BCUT2D eigenvalue weighted by Crippen LogP contribution is 2.50. The van der Waals surface area contributed by atoms with E-state index in [-0.39, 0.29) is 17.9 Å². The second-order valence-electron chi connectivity index (χ2n) is 3.79. The molecular formula is C7H12ClNO3. The molecule has 0 aromatic rings. The molecule has 0 radical (unpaired) electrons. The molecule has 3 N–H and O–H groups in total. The summed E-state index contributed by atoms with van der Waals surface area (Å²) < 4.78 is 5.09. The van der Waals surface area contributed by atoms with Crippen molar-refractivity contribution < 1.29 is 14.6 Å². The molecule has 0 spiro atoms. The SMILES string of the molecule is Cl.NC12COCC(C(=O)O)(C1)C2. The van der Waals surface area contributed by atoms with Crippen LogP contribution in [0.25, 0.3) is 0 Å². The molecule has 0 aromatic heterocycles. The van der Waals surface area contributed by atoms with Gasteiger partial charge in [-0.1, -0.05) is 0 Å². The highest BCUT2D eigenvalue weighted by Gasteiger charge is 2.60. The summed E-state index contributed by atoms with van der Waals surface area (Å²) in [5.74, 6) is -0.765. The first-order valence-electron chi connectivity index (χ1n) is 3.67. The molecule has 0 atom stereocenters. The first-order chi connectivity index (χ1) is 5.06. The van der Waals surface area contributed by atoms with Crippen LogP contribution >= 0.6 is 12.4 Å². The molecule has 2 heterocycles. The molecule has 5 heteroatoms. The Labute approximate surface area is 76.5 Å². The molecular weight excluding hydrogens is 182 g/mol. The van der Waals surface area contributed by atoms with E-state index in [1.54, 1.807) is 0 Å². The van der Waals surface area contributed by atoms with Crippen molar-refractivity contribution in [2.24, 2.45) is 11.1 Å². The van der Waals surface area contributed by atoms with Crippen LogP contribution in [-0.4, -0.2) is 29.8 Å². The van der Waals surface area contributed by atoms with Gasteiger partial charge in [-0.2, -0.15) is 0 Å². The summed E-state index contributed by atoms with van der Waals surface area (Å²) >= 11 is 0. The monoisotopic (exact) mass is 193 g/mol. The highest BCUT2D eigenvalue weighted by atomic mass is 35.5. The first kappa shape index (κ1) is 9.77. The van der Waals surface area contributed by atoms with E-state index in [4.69, 9.17) is 15.6 Å². The fourth-order valence-corrected chi connectivity index (χ4v) is 2.16. The zero-order valence-electron chi connectivity index (χ0n) is 6.58. The van der Waals surface area contributed by atoms with Crippen molar-refractivity contribution in [1.29, 1.82) is 0 Å². The second-order valence-corrected chi connectivity index (χ2v) is 3.79. The van der Waals surface area contributed by atoms with E-state index < -0.39 is 11.4 Å². The third kappa shape index (κ3) is 1.11. The van der Waals surface area contributed by atoms with E-state index in [0.717, 1.165) is 0 Å². The largest absolute Gasteiger partial charge is 0.481 e. The van der Waals surface area contributed by atoms with Crippen molar-refractivity contribution in [2.45, 2.75) is 18.4 Å². The van der Waals surface area contributed by atoms with E-state index >= 15 is 0 Å². The Morgan fingerprint density at radius 1 is 1.42 bits per heavy atom. The number of halogens is 1. The van der Waals surface area contributed by atoms with Gasteiger partial charge in [0.25, 0.3) is 0 Å². The zero-order valence-corrected chi connectivity index (χ0v) is 7.39. The van der Waals surface area contributed by atoms with Crippen LogP contribution in [-0.2, 0) is 9.53 Å². The molecule has 0 unspecified atom stereocenters. The van der Waals surface area contributed by atoms with Gasteiger partial charge in [-0.3, -0.25) is 4.79 Å². The third-order valence-electron chi connectivity index (χ3n) is 2.60. The maximum absolute atomic E-state index is 10.7. The highest BCUT2D eigenvalue weighted by molar-refractivity contribution is 5.85. The second kappa shape index (κ2) is 2.58. The van der Waals surface area contributed by atoms with E-state index in [2.05, 4.69) is 0 Å². The summed E-state index contributed by atoms with van der Waals surface area (Å²) in [4.78, 5) is 10.7. The Hall–Kier alpha value is -0.320. The average Bonchev–Trinajstić information content (AvgIpc) is 1.85. The Balaban J connectivity index is 0.000000720. The van der Waals surface area contributed by atoms with Crippen molar-refractivity contribution in [3.05, 3.63) is 0 Å². The lowest BCUT2D eigenvalue weighted by molar-refractivity contribution is -0.189. The maximum Gasteiger partial charge on any atom is 0.312 e. The normalized spacial score (nSPS) is 44.1. The summed E-state index contributed by atoms with van der Waals surface area (Å²) in [6, 6.07) is 0. The van der Waals surface area contributed by atoms with Gasteiger partial charge < -0.3 is 15.6 Å². The van der Waals surface area contributed by atoms with E-state index in [1.807, 2.05) is 0 Å². The molecule has 4 nitrogen and oxygen atoms in total. The van der Waals surface area contributed by atoms with E-state index in [1.165, 1.54) is 0 Å². The number of ether oxygens (including phenoxy) is 1. The molecule has 2 aliphatic heterocycles. The van der Waals surface area contributed by atoms with Crippen molar-refractivity contribution in [3.8, 4) is 0 Å². The van der Waals surface area contributed by atoms with Crippen molar-refractivity contribution in [3.63, 3.8) is 0 Å². The molecule has 2 bridgehead atoms. The van der Waals surface area contributed by atoms with Gasteiger partial charge in [0.15, 0.2) is 0 Å².